The van der Waals surface area contributed by atoms with Gasteiger partial charge in [-0.15, -0.1) is 0 Å². The fourth-order valence-electron chi connectivity index (χ4n) is 3.78. The molecular weight excluding hydrogens is 526 g/mol. The van der Waals surface area contributed by atoms with Gasteiger partial charge in [0, 0.05) is 53.8 Å². The second kappa shape index (κ2) is 17.3. The Labute approximate surface area is 240 Å². The highest BCUT2D eigenvalue weighted by Crippen LogP contribution is 2.31. The lowest BCUT2D eigenvalue weighted by Crippen LogP contribution is -2.23. The van der Waals surface area contributed by atoms with E-state index in [9.17, 15) is 9.59 Å². The number of amides is 1. The minimum Gasteiger partial charge on any atom is -0.369 e. The third-order valence-corrected chi connectivity index (χ3v) is 6.85. The van der Waals surface area contributed by atoms with Crippen LogP contribution in [0.1, 0.15) is 50.6 Å². The first kappa shape index (κ1) is 31.1. The first-order valence-corrected chi connectivity index (χ1v) is 14.6. The number of carbonyl (C=O) groups excluding carboxylic acids is 2. The number of benzene rings is 1. The highest BCUT2D eigenvalue weighted by molar-refractivity contribution is 7.99. The van der Waals surface area contributed by atoms with Crippen LogP contribution in [-0.2, 0) is 9.59 Å². The van der Waals surface area contributed by atoms with Gasteiger partial charge in [-0.3, -0.25) is 9.89 Å². The minimum absolute atomic E-state index is 0.0981. The topological polar surface area (TPSA) is 163 Å². The minimum atomic E-state index is 0.0981. The first-order valence-electron chi connectivity index (χ1n) is 13.8. The number of aromatic nitrogens is 4. The Morgan fingerprint density at radius 3 is 2.45 bits per heavy atom. The summed E-state index contributed by atoms with van der Waals surface area (Å²) in [6.07, 6.45) is 7.94. The second-order valence-corrected chi connectivity index (χ2v) is 10.5. The Balaban J connectivity index is 0.00000216. The molecule has 0 unspecified atom stereocenters. The Kier molecular flexibility index (Phi) is 13.4. The summed E-state index contributed by atoms with van der Waals surface area (Å²) in [5.74, 6) is 2.33. The van der Waals surface area contributed by atoms with E-state index in [-0.39, 0.29) is 11.8 Å². The molecule has 1 saturated carbocycles. The number of H-pyrrole nitrogens is 1. The van der Waals surface area contributed by atoms with Crippen LogP contribution in [-0.4, -0.2) is 59.0 Å². The van der Waals surface area contributed by atoms with E-state index in [1.807, 2.05) is 43.3 Å². The summed E-state index contributed by atoms with van der Waals surface area (Å²) in [5.41, 5.74) is 6.26. The van der Waals surface area contributed by atoms with Gasteiger partial charge in [-0.05, 0) is 82.2 Å². The van der Waals surface area contributed by atoms with Crippen molar-refractivity contribution in [3.63, 3.8) is 0 Å². The molecule has 216 valence electrons. The van der Waals surface area contributed by atoms with Crippen LogP contribution in [0.15, 0.2) is 46.5 Å². The molecule has 3 aromatic rings. The van der Waals surface area contributed by atoms with Crippen LogP contribution in [0.5, 0.6) is 0 Å². The fraction of sp³-hybridized carbons (Fsp3) is 0.464. The van der Waals surface area contributed by atoms with E-state index in [1.54, 1.807) is 0 Å². The molecule has 12 heteroatoms. The van der Waals surface area contributed by atoms with Gasteiger partial charge in [-0.2, -0.15) is 5.10 Å². The Bertz CT molecular complexity index is 1180. The average molecular weight is 568 g/mol. The van der Waals surface area contributed by atoms with Crippen LogP contribution in [0.4, 0.5) is 23.1 Å². The van der Waals surface area contributed by atoms with Gasteiger partial charge < -0.3 is 31.8 Å². The molecule has 40 heavy (non-hydrogen) atoms. The number of nitrogens with one attached hydrogen (secondary N) is 5. The number of unbranched alkanes of at least 4 members (excludes halogenated alkanes) is 4. The largest absolute Gasteiger partial charge is 0.369 e. The molecule has 11 nitrogen and oxygen atoms in total. The molecule has 0 saturated heterocycles. The van der Waals surface area contributed by atoms with Crippen LogP contribution in [0.3, 0.4) is 0 Å². The molecule has 0 aliphatic heterocycles. The van der Waals surface area contributed by atoms with E-state index in [2.05, 4.69) is 42.2 Å². The van der Waals surface area contributed by atoms with Gasteiger partial charge in [0.1, 0.15) is 17.9 Å². The maximum atomic E-state index is 12.0. The van der Waals surface area contributed by atoms with Gasteiger partial charge in [0.2, 0.25) is 5.91 Å². The van der Waals surface area contributed by atoms with Gasteiger partial charge in [-0.1, -0.05) is 12.8 Å². The van der Waals surface area contributed by atoms with Crippen molar-refractivity contribution in [1.82, 2.24) is 25.5 Å². The van der Waals surface area contributed by atoms with Crippen LogP contribution >= 0.6 is 11.8 Å². The van der Waals surface area contributed by atoms with Gasteiger partial charge >= 0.3 is 0 Å². The van der Waals surface area contributed by atoms with Crippen LogP contribution in [0.2, 0.25) is 0 Å². The number of hydrogen-bond acceptors (Lipinski definition) is 10. The smallest absolute Gasteiger partial charge is 0.227 e. The average Bonchev–Trinajstić information content (AvgIpc) is 3.74. The molecule has 2 heterocycles. The number of aromatic amines is 1. The molecule has 0 radical (unpaired) electrons. The maximum absolute atomic E-state index is 12.0. The molecule has 1 aliphatic carbocycles. The number of aryl methyl sites for hydroxylation is 1. The number of anilines is 4. The predicted octanol–water partition coefficient (Wildman–Crippen LogP) is 4.48. The summed E-state index contributed by atoms with van der Waals surface area (Å²) in [6.45, 7) is 4.44. The SMILES string of the molecule is CN.Cc1cc(Nc2cc(NCCNCCCCCCC=O)nc(Sc3ccc(NC(=O)C4CC4)cc3)n2)n[nH]1. The molecule has 4 rings (SSSR count). The molecular formula is C28H41N9O2S. The molecule has 7 N–H and O–H groups in total. The van der Waals surface area contributed by atoms with E-state index in [4.69, 9.17) is 4.98 Å². The van der Waals surface area contributed by atoms with Gasteiger partial charge in [0.15, 0.2) is 11.0 Å². The number of nitrogens with two attached hydrogens (primary N) is 1. The van der Waals surface area contributed by atoms with Crippen molar-refractivity contribution < 1.29 is 9.59 Å². The van der Waals surface area contributed by atoms with E-state index in [0.29, 0.717) is 23.2 Å². The number of aldehydes is 1. The summed E-state index contributed by atoms with van der Waals surface area (Å²) in [4.78, 5) is 32.7. The van der Waals surface area contributed by atoms with E-state index < -0.39 is 0 Å². The van der Waals surface area contributed by atoms with Crippen molar-refractivity contribution in [1.29, 1.82) is 0 Å². The molecule has 1 fully saturated rings. The molecule has 1 aromatic carbocycles. The summed E-state index contributed by atoms with van der Waals surface area (Å²) < 4.78 is 0. The highest BCUT2D eigenvalue weighted by atomic mass is 32.2. The zero-order chi connectivity index (χ0) is 28.6. The van der Waals surface area contributed by atoms with E-state index in [0.717, 1.165) is 86.5 Å². The first-order chi connectivity index (χ1) is 19.6. The van der Waals surface area contributed by atoms with Crippen molar-refractivity contribution in [2.75, 3.05) is 42.6 Å². The summed E-state index contributed by atoms with van der Waals surface area (Å²) >= 11 is 1.46. The maximum Gasteiger partial charge on any atom is 0.227 e. The van der Waals surface area contributed by atoms with Crippen molar-refractivity contribution in [3.05, 3.63) is 42.1 Å². The summed E-state index contributed by atoms with van der Waals surface area (Å²) in [5, 5.41) is 20.8. The Morgan fingerprint density at radius 1 is 1.00 bits per heavy atom. The second-order valence-electron chi connectivity index (χ2n) is 9.42. The number of hydrogen-bond donors (Lipinski definition) is 6. The molecule has 0 bridgehead atoms. The molecule has 0 spiro atoms. The number of rotatable bonds is 17. The van der Waals surface area contributed by atoms with Crippen molar-refractivity contribution >= 4 is 47.1 Å². The number of nitrogens with zero attached hydrogens (tertiary/aromatic N) is 3. The molecule has 1 aliphatic rings. The summed E-state index contributed by atoms with van der Waals surface area (Å²) in [7, 11) is 1.50. The van der Waals surface area contributed by atoms with Crippen molar-refractivity contribution in [2.45, 2.75) is 61.9 Å². The third-order valence-electron chi connectivity index (χ3n) is 5.98. The highest BCUT2D eigenvalue weighted by Gasteiger charge is 2.29. The lowest BCUT2D eigenvalue weighted by Gasteiger charge is -2.11. The van der Waals surface area contributed by atoms with E-state index >= 15 is 0 Å². The van der Waals surface area contributed by atoms with Gasteiger partial charge in [-0.25, -0.2) is 9.97 Å². The normalized spacial score (nSPS) is 12.3. The molecule has 1 amide bonds. The van der Waals surface area contributed by atoms with Crippen molar-refractivity contribution in [3.8, 4) is 0 Å². The summed E-state index contributed by atoms with van der Waals surface area (Å²) in [6, 6.07) is 11.5. The van der Waals surface area contributed by atoms with Crippen molar-refractivity contribution in [2.24, 2.45) is 11.7 Å². The predicted molar refractivity (Wildman–Crippen MR) is 161 cm³/mol. The quantitative estimate of drug-likeness (QED) is 0.0779. The van der Waals surface area contributed by atoms with E-state index in [1.165, 1.54) is 18.8 Å². The number of carbonyl (C=O) groups is 2. The zero-order valence-corrected chi connectivity index (χ0v) is 24.2. The monoisotopic (exact) mass is 567 g/mol. The third kappa shape index (κ3) is 11.3. The Hall–Kier alpha value is -3.48. The Morgan fingerprint density at radius 2 is 1.75 bits per heavy atom. The molecule has 0 atom stereocenters. The van der Waals surface area contributed by atoms with Crippen LogP contribution in [0, 0.1) is 12.8 Å². The standard InChI is InChI=1S/C27H36N8O2S.CH5N/c1-19-17-25(35-34-19)31-24-18-23(29-15-14-28-13-5-3-2-4-6-16-36)32-27(33-24)38-22-11-9-21(10-12-22)30-26(37)20-7-8-20;1-2/h9-12,16-18,20,28H,2-8,13-15H2,1H3,(H,30,37)(H3,29,31,32,33,34,35);2H2,1H3. The fourth-order valence-corrected chi connectivity index (χ4v) is 4.55. The van der Waals surface area contributed by atoms with Crippen LogP contribution < -0.4 is 27.0 Å². The lowest BCUT2D eigenvalue weighted by molar-refractivity contribution is -0.117. The van der Waals surface area contributed by atoms with Crippen LogP contribution in [0.25, 0.3) is 0 Å². The molecule has 2 aromatic heterocycles. The van der Waals surface area contributed by atoms with Gasteiger partial charge in [0.25, 0.3) is 0 Å². The zero-order valence-electron chi connectivity index (χ0n) is 23.3. The lowest BCUT2D eigenvalue weighted by atomic mass is 10.1. The van der Waals surface area contributed by atoms with Gasteiger partial charge in [0.05, 0.1) is 0 Å².